The summed E-state index contributed by atoms with van der Waals surface area (Å²) < 4.78 is 14.8. The summed E-state index contributed by atoms with van der Waals surface area (Å²) in [5, 5.41) is 2.98. The molecule has 1 atom stereocenters. The number of amides is 1. The molecule has 2 saturated carbocycles. The smallest absolute Gasteiger partial charge is 0.270 e. The fraction of sp³-hybridized carbons (Fsp3) is 0.522. The van der Waals surface area contributed by atoms with Crippen LogP contribution in [0.2, 0.25) is 0 Å². The highest BCUT2D eigenvalue weighted by atomic mass is 19.1. The second-order valence-corrected chi connectivity index (χ2v) is 9.86. The SMILES string of the molecule is CC1(c2ccc([C@H](NC(=O)c3cc(=O)[nH]c(C4CC4)n3)C(C)(C)C)cc2F)CC1. The van der Waals surface area contributed by atoms with Gasteiger partial charge in [0.2, 0.25) is 0 Å². The molecule has 29 heavy (non-hydrogen) atoms. The number of benzene rings is 1. The summed E-state index contributed by atoms with van der Waals surface area (Å²) in [5.74, 6) is 0.162. The average Bonchev–Trinajstić information content (AvgIpc) is 3.54. The first-order valence-electron chi connectivity index (χ1n) is 10.3. The Morgan fingerprint density at radius 1 is 1.28 bits per heavy atom. The van der Waals surface area contributed by atoms with E-state index in [0.29, 0.717) is 11.4 Å². The van der Waals surface area contributed by atoms with Gasteiger partial charge in [0, 0.05) is 12.0 Å². The third-order valence-corrected chi connectivity index (χ3v) is 6.07. The van der Waals surface area contributed by atoms with Crippen molar-refractivity contribution in [1.29, 1.82) is 0 Å². The molecular weight excluding hydrogens is 369 g/mol. The van der Waals surface area contributed by atoms with Crippen molar-refractivity contribution >= 4 is 5.91 Å². The minimum absolute atomic E-state index is 0.0582. The van der Waals surface area contributed by atoms with Crippen LogP contribution in [0.15, 0.2) is 29.1 Å². The van der Waals surface area contributed by atoms with E-state index in [0.717, 1.165) is 31.2 Å². The normalized spacial score (nSPS) is 18.9. The van der Waals surface area contributed by atoms with Crippen molar-refractivity contribution in [2.24, 2.45) is 5.41 Å². The molecule has 0 aliphatic heterocycles. The van der Waals surface area contributed by atoms with E-state index in [1.54, 1.807) is 0 Å². The Morgan fingerprint density at radius 3 is 2.52 bits per heavy atom. The molecule has 1 heterocycles. The van der Waals surface area contributed by atoms with Crippen LogP contribution in [0.5, 0.6) is 0 Å². The lowest BCUT2D eigenvalue weighted by molar-refractivity contribution is 0.0895. The van der Waals surface area contributed by atoms with Crippen molar-refractivity contribution < 1.29 is 9.18 Å². The highest BCUT2D eigenvalue weighted by Gasteiger charge is 2.41. The topological polar surface area (TPSA) is 74.8 Å². The van der Waals surface area contributed by atoms with Crippen LogP contribution in [-0.2, 0) is 5.41 Å². The number of hydrogen-bond acceptors (Lipinski definition) is 3. The molecule has 2 N–H and O–H groups in total. The number of rotatable bonds is 5. The van der Waals surface area contributed by atoms with E-state index in [4.69, 9.17) is 0 Å². The third-order valence-electron chi connectivity index (χ3n) is 6.07. The van der Waals surface area contributed by atoms with Crippen molar-refractivity contribution in [3.8, 4) is 0 Å². The van der Waals surface area contributed by atoms with E-state index in [9.17, 15) is 14.0 Å². The number of halogens is 1. The molecule has 5 nitrogen and oxygen atoms in total. The predicted octanol–water partition coefficient (Wildman–Crippen LogP) is 4.36. The fourth-order valence-electron chi connectivity index (χ4n) is 3.81. The standard InChI is InChI=1S/C23H28FN3O2/c1-22(2,3)19(14-7-8-15(16(24)11-14)23(4)9-10-23)27-21(29)17-12-18(28)26-20(25-17)13-5-6-13/h7-8,11-13,19H,5-6,9-10H2,1-4H3,(H,27,29)(H,25,26,28)/t19-/m0/s1. The lowest BCUT2D eigenvalue weighted by Crippen LogP contribution is -2.37. The van der Waals surface area contributed by atoms with E-state index >= 15 is 0 Å². The number of nitrogens with one attached hydrogen (secondary N) is 2. The van der Waals surface area contributed by atoms with Crippen LogP contribution >= 0.6 is 0 Å². The van der Waals surface area contributed by atoms with Crippen LogP contribution in [-0.4, -0.2) is 15.9 Å². The van der Waals surface area contributed by atoms with E-state index < -0.39 is 11.9 Å². The Morgan fingerprint density at radius 2 is 1.97 bits per heavy atom. The number of nitrogens with zero attached hydrogens (tertiary/aromatic N) is 1. The Bertz CT molecular complexity index is 1010. The summed E-state index contributed by atoms with van der Waals surface area (Å²) >= 11 is 0. The molecule has 4 rings (SSSR count). The molecule has 1 aromatic carbocycles. The molecule has 6 heteroatoms. The molecule has 1 aromatic heterocycles. The maximum absolute atomic E-state index is 14.8. The number of aromatic nitrogens is 2. The Hall–Kier alpha value is -2.50. The van der Waals surface area contributed by atoms with Gasteiger partial charge in [-0.3, -0.25) is 9.59 Å². The zero-order valence-electron chi connectivity index (χ0n) is 17.4. The van der Waals surface area contributed by atoms with Crippen molar-refractivity contribution in [3.05, 3.63) is 63.1 Å². The monoisotopic (exact) mass is 397 g/mol. The highest BCUT2D eigenvalue weighted by Crippen LogP contribution is 2.49. The number of aromatic amines is 1. The first kappa shape index (κ1) is 19.8. The summed E-state index contributed by atoms with van der Waals surface area (Å²) in [5.41, 5.74) is 0.819. The second-order valence-electron chi connectivity index (χ2n) is 9.86. The van der Waals surface area contributed by atoms with Crippen LogP contribution in [0.3, 0.4) is 0 Å². The van der Waals surface area contributed by atoms with Crippen molar-refractivity contribution in [3.63, 3.8) is 0 Å². The fourth-order valence-corrected chi connectivity index (χ4v) is 3.81. The lowest BCUT2D eigenvalue weighted by atomic mass is 9.81. The summed E-state index contributed by atoms with van der Waals surface area (Å²) in [6.07, 6.45) is 3.95. The number of hydrogen-bond donors (Lipinski definition) is 2. The van der Waals surface area contributed by atoms with E-state index in [1.807, 2.05) is 32.9 Å². The van der Waals surface area contributed by atoms with Crippen LogP contribution in [0.4, 0.5) is 4.39 Å². The first-order valence-corrected chi connectivity index (χ1v) is 10.3. The van der Waals surface area contributed by atoms with Crippen LogP contribution in [0.1, 0.15) is 92.8 Å². The van der Waals surface area contributed by atoms with Crippen molar-refractivity contribution in [2.45, 2.75) is 70.8 Å². The maximum Gasteiger partial charge on any atom is 0.270 e. The van der Waals surface area contributed by atoms with Gasteiger partial charge < -0.3 is 10.3 Å². The Balaban J connectivity index is 1.62. The number of H-pyrrole nitrogens is 1. The summed E-state index contributed by atoms with van der Waals surface area (Å²) in [7, 11) is 0. The van der Waals surface area contributed by atoms with Gasteiger partial charge in [-0.2, -0.15) is 0 Å². The summed E-state index contributed by atoms with van der Waals surface area (Å²) in [6.45, 7) is 8.05. The molecule has 0 radical (unpaired) electrons. The quantitative estimate of drug-likeness (QED) is 0.787. The maximum atomic E-state index is 14.8. The molecule has 154 valence electrons. The van der Waals surface area contributed by atoms with Gasteiger partial charge in [0.05, 0.1) is 6.04 Å². The predicted molar refractivity (Wildman–Crippen MR) is 109 cm³/mol. The van der Waals surface area contributed by atoms with E-state index in [-0.39, 0.29) is 33.8 Å². The van der Waals surface area contributed by atoms with Crippen LogP contribution in [0.25, 0.3) is 0 Å². The van der Waals surface area contributed by atoms with Gasteiger partial charge in [0.15, 0.2) is 0 Å². The second kappa shape index (κ2) is 6.78. The van der Waals surface area contributed by atoms with Crippen LogP contribution in [0, 0.1) is 11.2 Å². The lowest BCUT2D eigenvalue weighted by Gasteiger charge is -2.32. The minimum Gasteiger partial charge on any atom is -0.343 e. The van der Waals surface area contributed by atoms with Crippen molar-refractivity contribution in [2.75, 3.05) is 0 Å². The Kier molecular flexibility index (Phi) is 4.63. The molecule has 1 amide bonds. The molecular formula is C23H28FN3O2. The summed E-state index contributed by atoms with van der Waals surface area (Å²) in [6, 6.07) is 6.09. The van der Waals surface area contributed by atoms with Gasteiger partial charge in [-0.15, -0.1) is 0 Å². The third kappa shape index (κ3) is 4.11. The summed E-state index contributed by atoms with van der Waals surface area (Å²) in [4.78, 5) is 32.0. The van der Waals surface area contributed by atoms with Gasteiger partial charge in [-0.1, -0.05) is 39.8 Å². The first-order chi connectivity index (χ1) is 13.6. The molecule has 2 fully saturated rings. The molecule has 2 aliphatic rings. The molecule has 0 saturated heterocycles. The van der Waals surface area contributed by atoms with Gasteiger partial charge in [0.25, 0.3) is 11.5 Å². The molecule has 0 unspecified atom stereocenters. The molecule has 0 spiro atoms. The zero-order valence-corrected chi connectivity index (χ0v) is 17.4. The van der Waals surface area contributed by atoms with E-state index in [1.165, 1.54) is 12.1 Å². The van der Waals surface area contributed by atoms with Gasteiger partial charge in [-0.05, 0) is 53.7 Å². The molecule has 2 aromatic rings. The van der Waals surface area contributed by atoms with Gasteiger partial charge in [0.1, 0.15) is 17.3 Å². The van der Waals surface area contributed by atoms with Crippen LogP contribution < -0.4 is 10.9 Å². The zero-order chi connectivity index (χ0) is 21.0. The number of carbonyl (C=O) groups excluding carboxylic acids is 1. The van der Waals surface area contributed by atoms with Crippen molar-refractivity contribution in [1.82, 2.24) is 15.3 Å². The van der Waals surface area contributed by atoms with E-state index in [2.05, 4.69) is 22.2 Å². The Labute approximate surface area is 170 Å². The largest absolute Gasteiger partial charge is 0.343 e. The highest BCUT2D eigenvalue weighted by molar-refractivity contribution is 5.92. The van der Waals surface area contributed by atoms with Gasteiger partial charge in [-0.25, -0.2) is 9.37 Å². The molecule has 0 bridgehead atoms. The average molecular weight is 397 g/mol. The number of carbonyl (C=O) groups is 1. The van der Waals surface area contributed by atoms with Gasteiger partial charge >= 0.3 is 0 Å². The molecule has 2 aliphatic carbocycles. The minimum atomic E-state index is -0.420.